The van der Waals surface area contributed by atoms with Crippen LogP contribution in [0.1, 0.15) is 31.1 Å². The summed E-state index contributed by atoms with van der Waals surface area (Å²) in [7, 11) is 0. The van der Waals surface area contributed by atoms with Crippen molar-refractivity contribution >= 4 is 11.6 Å². The Morgan fingerprint density at radius 3 is 2.58 bits per heavy atom. The number of aromatic nitrogens is 1. The van der Waals surface area contributed by atoms with Gasteiger partial charge in [0.2, 0.25) is 0 Å². The zero-order valence-electron chi connectivity index (χ0n) is 10.9. The second-order valence-corrected chi connectivity index (χ2v) is 5.15. The molecule has 0 saturated carbocycles. The molecule has 0 aliphatic carbocycles. The summed E-state index contributed by atoms with van der Waals surface area (Å²) in [5.74, 6) is -0.335. The van der Waals surface area contributed by atoms with Gasteiger partial charge in [-0.15, -0.1) is 0 Å². The molecule has 4 heteroatoms. The van der Waals surface area contributed by atoms with Crippen LogP contribution >= 0.6 is 11.6 Å². The van der Waals surface area contributed by atoms with Gasteiger partial charge < -0.3 is 5.32 Å². The first-order chi connectivity index (χ1) is 9.06. The van der Waals surface area contributed by atoms with Crippen molar-refractivity contribution in [3.63, 3.8) is 0 Å². The maximum absolute atomic E-state index is 13.0. The number of halogens is 2. The molecule has 2 rings (SSSR count). The van der Waals surface area contributed by atoms with Gasteiger partial charge in [-0.1, -0.05) is 23.7 Å². The summed E-state index contributed by atoms with van der Waals surface area (Å²) in [5, 5.41) is 4.09. The van der Waals surface area contributed by atoms with E-state index in [9.17, 15) is 4.39 Å². The predicted molar refractivity (Wildman–Crippen MR) is 75.8 cm³/mol. The van der Waals surface area contributed by atoms with E-state index >= 15 is 0 Å². The Morgan fingerprint density at radius 2 is 2.00 bits per heavy atom. The predicted octanol–water partition coefficient (Wildman–Crippen LogP) is 3.96. The number of hydrogen-bond acceptors (Lipinski definition) is 2. The van der Waals surface area contributed by atoms with Crippen LogP contribution in [0.3, 0.4) is 0 Å². The van der Waals surface area contributed by atoms with Gasteiger partial charge in [0, 0.05) is 11.1 Å². The van der Waals surface area contributed by atoms with E-state index in [1.807, 2.05) is 24.3 Å². The first-order valence-corrected chi connectivity index (χ1v) is 6.57. The van der Waals surface area contributed by atoms with Crippen molar-refractivity contribution in [3.8, 4) is 0 Å². The molecule has 1 heterocycles. The van der Waals surface area contributed by atoms with Crippen molar-refractivity contribution in [2.45, 2.75) is 25.9 Å². The fraction of sp³-hybridized carbons (Fsp3) is 0.267. The summed E-state index contributed by atoms with van der Waals surface area (Å²) in [6.45, 7) is 4.11. The summed E-state index contributed by atoms with van der Waals surface area (Å²) in [6.07, 6.45) is 1.23. The molecule has 0 radical (unpaired) electrons. The SMILES string of the molecule is CC(C)NC(c1cccc(Cl)c1)c1ccc(F)cn1. The molecule has 0 fully saturated rings. The minimum absolute atomic E-state index is 0.0979. The molecule has 0 aliphatic rings. The maximum atomic E-state index is 13.0. The summed E-state index contributed by atoms with van der Waals surface area (Å²) in [4.78, 5) is 4.16. The molecule has 100 valence electrons. The quantitative estimate of drug-likeness (QED) is 0.916. The molecule has 0 aliphatic heterocycles. The zero-order valence-corrected chi connectivity index (χ0v) is 11.7. The van der Waals surface area contributed by atoms with Crippen molar-refractivity contribution in [1.82, 2.24) is 10.3 Å². The number of rotatable bonds is 4. The normalized spacial score (nSPS) is 12.7. The minimum atomic E-state index is -0.335. The molecule has 19 heavy (non-hydrogen) atoms. The van der Waals surface area contributed by atoms with Gasteiger partial charge in [0.1, 0.15) is 5.82 Å². The number of nitrogens with zero attached hydrogens (tertiary/aromatic N) is 1. The summed E-state index contributed by atoms with van der Waals surface area (Å²) >= 11 is 6.03. The molecule has 1 N–H and O–H groups in total. The van der Waals surface area contributed by atoms with E-state index in [1.54, 1.807) is 6.07 Å². The van der Waals surface area contributed by atoms with E-state index in [4.69, 9.17) is 11.6 Å². The standard InChI is InChI=1S/C15H16ClFN2/c1-10(2)19-15(11-4-3-5-12(16)8-11)14-7-6-13(17)9-18-14/h3-10,15,19H,1-2H3. The van der Waals surface area contributed by atoms with E-state index in [1.165, 1.54) is 12.3 Å². The van der Waals surface area contributed by atoms with E-state index in [0.29, 0.717) is 5.02 Å². The second kappa shape index (κ2) is 6.13. The lowest BCUT2D eigenvalue weighted by Crippen LogP contribution is -2.29. The summed E-state index contributed by atoms with van der Waals surface area (Å²) in [5.41, 5.74) is 1.79. The number of nitrogens with one attached hydrogen (secondary N) is 1. The van der Waals surface area contributed by atoms with Crippen LogP contribution in [-0.2, 0) is 0 Å². The van der Waals surface area contributed by atoms with Crippen LogP contribution in [0.4, 0.5) is 4.39 Å². The van der Waals surface area contributed by atoms with E-state index in [0.717, 1.165) is 11.3 Å². The first kappa shape index (κ1) is 14.0. The first-order valence-electron chi connectivity index (χ1n) is 6.19. The molecular formula is C15H16ClFN2. The zero-order chi connectivity index (χ0) is 13.8. The molecular weight excluding hydrogens is 263 g/mol. The van der Waals surface area contributed by atoms with Crippen LogP contribution in [0.15, 0.2) is 42.6 Å². The Morgan fingerprint density at radius 1 is 1.21 bits per heavy atom. The van der Waals surface area contributed by atoms with Crippen LogP contribution in [0.25, 0.3) is 0 Å². The van der Waals surface area contributed by atoms with Gasteiger partial charge in [0.05, 0.1) is 17.9 Å². The Hall–Kier alpha value is -1.45. The molecule has 0 bridgehead atoms. The highest BCUT2D eigenvalue weighted by atomic mass is 35.5. The number of benzene rings is 1. The third-order valence-corrected chi connectivity index (χ3v) is 2.96. The van der Waals surface area contributed by atoms with Crippen LogP contribution in [0, 0.1) is 5.82 Å². The fourth-order valence-corrected chi connectivity index (χ4v) is 2.13. The van der Waals surface area contributed by atoms with Crippen LogP contribution in [0.2, 0.25) is 5.02 Å². The molecule has 0 saturated heterocycles. The lowest BCUT2D eigenvalue weighted by molar-refractivity contribution is 0.517. The van der Waals surface area contributed by atoms with Gasteiger partial charge >= 0.3 is 0 Å². The number of pyridine rings is 1. The molecule has 2 aromatic rings. The highest BCUT2D eigenvalue weighted by Gasteiger charge is 2.16. The Labute approximate surface area is 117 Å². The molecule has 2 nitrogen and oxygen atoms in total. The van der Waals surface area contributed by atoms with Crippen LogP contribution in [0.5, 0.6) is 0 Å². The Balaban J connectivity index is 2.38. The van der Waals surface area contributed by atoms with Crippen molar-refractivity contribution in [2.24, 2.45) is 0 Å². The van der Waals surface area contributed by atoms with Gasteiger partial charge in [-0.3, -0.25) is 4.98 Å². The largest absolute Gasteiger partial charge is 0.303 e. The van der Waals surface area contributed by atoms with Crippen molar-refractivity contribution < 1.29 is 4.39 Å². The molecule has 1 unspecified atom stereocenters. The Bertz CT molecular complexity index is 540. The minimum Gasteiger partial charge on any atom is -0.303 e. The highest BCUT2D eigenvalue weighted by molar-refractivity contribution is 6.30. The van der Waals surface area contributed by atoms with E-state index in [2.05, 4.69) is 24.1 Å². The topological polar surface area (TPSA) is 24.9 Å². The molecule has 1 aromatic heterocycles. The van der Waals surface area contributed by atoms with Crippen molar-refractivity contribution in [3.05, 3.63) is 64.7 Å². The van der Waals surface area contributed by atoms with Gasteiger partial charge in [0.15, 0.2) is 0 Å². The summed E-state index contributed by atoms with van der Waals surface area (Å²) in [6, 6.07) is 10.9. The molecule has 1 aromatic carbocycles. The lowest BCUT2D eigenvalue weighted by atomic mass is 10.0. The lowest BCUT2D eigenvalue weighted by Gasteiger charge is -2.21. The fourth-order valence-electron chi connectivity index (χ4n) is 1.93. The number of hydrogen-bond donors (Lipinski definition) is 1. The van der Waals surface area contributed by atoms with E-state index in [-0.39, 0.29) is 17.9 Å². The average Bonchev–Trinajstić information content (AvgIpc) is 2.37. The average molecular weight is 279 g/mol. The van der Waals surface area contributed by atoms with Gasteiger partial charge in [-0.05, 0) is 43.7 Å². The van der Waals surface area contributed by atoms with Gasteiger partial charge in [0.25, 0.3) is 0 Å². The van der Waals surface area contributed by atoms with Crippen molar-refractivity contribution in [2.75, 3.05) is 0 Å². The summed E-state index contributed by atoms with van der Waals surface area (Å²) < 4.78 is 13.0. The molecule has 0 spiro atoms. The molecule has 0 amide bonds. The Kier molecular flexibility index (Phi) is 4.51. The third kappa shape index (κ3) is 3.75. The van der Waals surface area contributed by atoms with Crippen molar-refractivity contribution in [1.29, 1.82) is 0 Å². The monoisotopic (exact) mass is 278 g/mol. The highest BCUT2D eigenvalue weighted by Crippen LogP contribution is 2.23. The molecule has 1 atom stereocenters. The van der Waals surface area contributed by atoms with Gasteiger partial charge in [-0.25, -0.2) is 4.39 Å². The van der Waals surface area contributed by atoms with Crippen LogP contribution in [-0.4, -0.2) is 11.0 Å². The maximum Gasteiger partial charge on any atom is 0.141 e. The second-order valence-electron chi connectivity index (χ2n) is 4.71. The van der Waals surface area contributed by atoms with Crippen LogP contribution < -0.4 is 5.32 Å². The third-order valence-electron chi connectivity index (χ3n) is 2.73. The van der Waals surface area contributed by atoms with Gasteiger partial charge in [-0.2, -0.15) is 0 Å². The van der Waals surface area contributed by atoms with E-state index < -0.39 is 0 Å². The smallest absolute Gasteiger partial charge is 0.141 e.